The first-order valence-corrected chi connectivity index (χ1v) is 11.7. The molecule has 1 aromatic heterocycles. The van der Waals surface area contributed by atoms with Gasteiger partial charge in [0.05, 0.1) is 16.3 Å². The van der Waals surface area contributed by atoms with E-state index in [9.17, 15) is 14.9 Å². The Bertz CT molecular complexity index is 1550. The van der Waals surface area contributed by atoms with Crippen LogP contribution >= 0.6 is 22.9 Å². The summed E-state index contributed by atoms with van der Waals surface area (Å²) >= 11 is 7.37. The lowest BCUT2D eigenvalue weighted by atomic mass is 10.1. The zero-order valence-corrected chi connectivity index (χ0v) is 19.8. The van der Waals surface area contributed by atoms with Crippen LogP contribution in [0.25, 0.3) is 17.3 Å². The Morgan fingerprint density at radius 2 is 1.65 bits per heavy atom. The minimum absolute atomic E-state index is 0.132. The standard InChI is InChI=1S/C27H20ClN3O2S/c1-18(19-10-4-2-5-11-19)30-25(32)22(17-29)27-31(21-13-6-3-7-14-21)26(33)24(34-27)16-20-12-8-9-15-23(20)28/h2-16,18H,1H3,(H,30,32)/b24-16+,27-22-/t18-/m1/s1. The Morgan fingerprint density at radius 1 is 1.03 bits per heavy atom. The number of carbonyl (C=O) groups is 1. The van der Waals surface area contributed by atoms with Gasteiger partial charge in [-0.25, -0.2) is 0 Å². The number of rotatable bonds is 5. The predicted molar refractivity (Wildman–Crippen MR) is 136 cm³/mol. The number of nitrogens with one attached hydrogen (secondary N) is 1. The Hall–Kier alpha value is -3.92. The molecule has 0 aliphatic carbocycles. The van der Waals surface area contributed by atoms with E-state index in [4.69, 9.17) is 11.6 Å². The van der Waals surface area contributed by atoms with Crippen LogP contribution in [-0.2, 0) is 4.79 Å². The second-order valence-electron chi connectivity index (χ2n) is 7.51. The SMILES string of the molecule is C[C@@H](NC(=O)/C(C#N)=c1\s/c(=C/c2ccccc2Cl)c(=O)n1-c1ccccc1)c1ccccc1. The van der Waals surface area contributed by atoms with Crippen LogP contribution in [0.3, 0.4) is 0 Å². The fraction of sp³-hybridized carbons (Fsp3) is 0.0741. The highest BCUT2D eigenvalue weighted by Gasteiger charge is 2.19. The van der Waals surface area contributed by atoms with Crippen molar-refractivity contribution in [2.45, 2.75) is 13.0 Å². The van der Waals surface area contributed by atoms with Crippen LogP contribution in [0.15, 0.2) is 89.7 Å². The van der Waals surface area contributed by atoms with Gasteiger partial charge in [0.1, 0.15) is 10.7 Å². The maximum atomic E-state index is 13.4. The quantitative estimate of drug-likeness (QED) is 0.465. The van der Waals surface area contributed by atoms with Crippen molar-refractivity contribution < 1.29 is 4.79 Å². The van der Waals surface area contributed by atoms with Gasteiger partial charge in [0.2, 0.25) is 0 Å². The number of nitriles is 1. The van der Waals surface area contributed by atoms with E-state index in [1.54, 1.807) is 42.5 Å². The van der Waals surface area contributed by atoms with Crippen molar-refractivity contribution in [3.8, 4) is 11.8 Å². The van der Waals surface area contributed by atoms with Gasteiger partial charge in [0, 0.05) is 5.02 Å². The monoisotopic (exact) mass is 485 g/mol. The minimum Gasteiger partial charge on any atom is -0.345 e. The summed E-state index contributed by atoms with van der Waals surface area (Å²) in [5.41, 5.74) is 1.69. The van der Waals surface area contributed by atoms with E-state index in [1.165, 1.54) is 4.57 Å². The van der Waals surface area contributed by atoms with E-state index in [0.717, 1.165) is 16.9 Å². The largest absolute Gasteiger partial charge is 0.345 e. The molecule has 0 spiro atoms. The Balaban J connectivity index is 1.91. The predicted octanol–water partition coefficient (Wildman–Crippen LogP) is 3.93. The zero-order chi connectivity index (χ0) is 24.1. The fourth-order valence-electron chi connectivity index (χ4n) is 3.48. The van der Waals surface area contributed by atoms with Crippen LogP contribution in [-0.4, -0.2) is 10.5 Å². The van der Waals surface area contributed by atoms with E-state index in [-0.39, 0.29) is 21.8 Å². The molecule has 5 nitrogen and oxygen atoms in total. The average molecular weight is 486 g/mol. The lowest BCUT2D eigenvalue weighted by Crippen LogP contribution is -2.34. The van der Waals surface area contributed by atoms with Crippen molar-refractivity contribution in [2.75, 3.05) is 0 Å². The number of carbonyl (C=O) groups excluding carboxylic acids is 1. The number of amides is 1. The van der Waals surface area contributed by atoms with E-state index >= 15 is 0 Å². The lowest BCUT2D eigenvalue weighted by molar-refractivity contribution is -0.116. The second-order valence-corrected chi connectivity index (χ2v) is 8.94. The van der Waals surface area contributed by atoms with Crippen molar-refractivity contribution in [1.82, 2.24) is 9.88 Å². The summed E-state index contributed by atoms with van der Waals surface area (Å²) in [6.45, 7) is 1.84. The summed E-state index contributed by atoms with van der Waals surface area (Å²) in [6.07, 6.45) is 1.68. The highest BCUT2D eigenvalue weighted by atomic mass is 35.5. The molecule has 168 valence electrons. The van der Waals surface area contributed by atoms with E-state index < -0.39 is 5.91 Å². The normalized spacial score (nSPS) is 13.1. The number of hydrogen-bond donors (Lipinski definition) is 1. The van der Waals surface area contributed by atoms with Crippen molar-refractivity contribution in [3.05, 3.63) is 121 Å². The van der Waals surface area contributed by atoms with Crippen molar-refractivity contribution in [1.29, 1.82) is 5.26 Å². The van der Waals surface area contributed by atoms with Crippen LogP contribution in [0.5, 0.6) is 0 Å². The molecule has 4 rings (SSSR count). The number of thiazole rings is 1. The molecule has 0 unspecified atom stereocenters. The molecular formula is C27H20ClN3O2S. The van der Waals surface area contributed by atoms with E-state index in [1.807, 2.05) is 61.5 Å². The van der Waals surface area contributed by atoms with Gasteiger partial charge in [-0.05, 0) is 42.3 Å². The first-order chi connectivity index (χ1) is 16.5. The van der Waals surface area contributed by atoms with Gasteiger partial charge >= 0.3 is 0 Å². The van der Waals surface area contributed by atoms with Crippen LogP contribution in [0, 0.1) is 11.3 Å². The fourth-order valence-corrected chi connectivity index (χ4v) is 4.77. The maximum Gasteiger partial charge on any atom is 0.273 e. The van der Waals surface area contributed by atoms with Gasteiger partial charge in [0.25, 0.3) is 11.5 Å². The molecule has 1 atom stereocenters. The molecule has 0 fully saturated rings. The topological polar surface area (TPSA) is 74.9 Å². The summed E-state index contributed by atoms with van der Waals surface area (Å²) in [5, 5.41) is 13.3. The van der Waals surface area contributed by atoms with Gasteiger partial charge in [-0.1, -0.05) is 78.3 Å². The van der Waals surface area contributed by atoms with Gasteiger partial charge in [0.15, 0.2) is 5.57 Å². The molecule has 34 heavy (non-hydrogen) atoms. The highest BCUT2D eigenvalue weighted by molar-refractivity contribution is 7.07. The third-order valence-corrected chi connectivity index (χ3v) is 6.67. The molecule has 0 radical (unpaired) electrons. The number of benzene rings is 3. The van der Waals surface area contributed by atoms with Crippen molar-refractivity contribution >= 4 is 40.5 Å². The smallest absolute Gasteiger partial charge is 0.273 e. The second kappa shape index (κ2) is 10.3. The maximum absolute atomic E-state index is 13.4. The van der Waals surface area contributed by atoms with Crippen molar-refractivity contribution in [2.24, 2.45) is 0 Å². The van der Waals surface area contributed by atoms with Gasteiger partial charge < -0.3 is 5.32 Å². The number of aromatic nitrogens is 1. The Labute approximate surface area is 205 Å². The molecule has 0 bridgehead atoms. The molecule has 1 N–H and O–H groups in total. The molecular weight excluding hydrogens is 466 g/mol. The summed E-state index contributed by atoms with van der Waals surface area (Å²) in [4.78, 5) is 26.6. The third-order valence-electron chi connectivity index (χ3n) is 5.23. The summed E-state index contributed by atoms with van der Waals surface area (Å²) in [6, 6.07) is 27.3. The summed E-state index contributed by atoms with van der Waals surface area (Å²) < 4.78 is 2.02. The van der Waals surface area contributed by atoms with Gasteiger partial charge in [-0.2, -0.15) is 5.26 Å². The Morgan fingerprint density at radius 3 is 2.29 bits per heavy atom. The molecule has 4 aromatic rings. The third kappa shape index (κ3) is 4.86. The molecule has 1 heterocycles. The number of hydrogen-bond acceptors (Lipinski definition) is 4. The highest BCUT2D eigenvalue weighted by Crippen LogP contribution is 2.15. The first kappa shape index (κ1) is 23.2. The van der Waals surface area contributed by atoms with Crippen molar-refractivity contribution in [3.63, 3.8) is 0 Å². The van der Waals surface area contributed by atoms with Crippen LogP contribution < -0.4 is 20.1 Å². The first-order valence-electron chi connectivity index (χ1n) is 10.5. The van der Waals surface area contributed by atoms with E-state index in [2.05, 4.69) is 5.32 Å². The zero-order valence-electron chi connectivity index (χ0n) is 18.2. The number of halogens is 1. The van der Waals surface area contributed by atoms with E-state index in [0.29, 0.717) is 20.8 Å². The Kier molecular flexibility index (Phi) is 7.07. The molecule has 1 amide bonds. The molecule has 0 saturated heterocycles. The summed E-state index contributed by atoms with van der Waals surface area (Å²) in [5.74, 6) is -0.547. The molecule has 3 aromatic carbocycles. The summed E-state index contributed by atoms with van der Waals surface area (Å²) in [7, 11) is 0. The number of para-hydroxylation sites is 1. The lowest BCUT2D eigenvalue weighted by Gasteiger charge is -2.13. The molecule has 0 aliphatic rings. The molecule has 7 heteroatoms. The number of nitrogens with zero attached hydrogens (tertiary/aromatic N) is 2. The average Bonchev–Trinajstić information content (AvgIpc) is 3.17. The van der Waals surface area contributed by atoms with Crippen LogP contribution in [0.4, 0.5) is 0 Å². The van der Waals surface area contributed by atoms with Crippen LogP contribution in [0.2, 0.25) is 5.02 Å². The molecule has 0 saturated carbocycles. The van der Waals surface area contributed by atoms with Gasteiger partial charge in [-0.3, -0.25) is 14.2 Å². The molecule has 0 aliphatic heterocycles. The van der Waals surface area contributed by atoms with Crippen LogP contribution in [0.1, 0.15) is 24.1 Å². The minimum atomic E-state index is -0.547. The van der Waals surface area contributed by atoms with Gasteiger partial charge in [-0.15, -0.1) is 11.3 Å².